The van der Waals surface area contributed by atoms with Crippen LogP contribution in [0.3, 0.4) is 0 Å². The maximum Gasteiger partial charge on any atom is 0.267 e. The van der Waals surface area contributed by atoms with Crippen LogP contribution in [0, 0.1) is 0 Å². The maximum atomic E-state index is 11.0. The smallest absolute Gasteiger partial charge is 0.267 e. The van der Waals surface area contributed by atoms with Crippen molar-refractivity contribution >= 4 is 11.7 Å². The summed E-state index contributed by atoms with van der Waals surface area (Å²) in [7, 11) is 0. The third-order valence-electron chi connectivity index (χ3n) is 3.72. The summed E-state index contributed by atoms with van der Waals surface area (Å²) in [4.78, 5) is 15.2. The van der Waals surface area contributed by atoms with Gasteiger partial charge in [-0.15, -0.1) is 0 Å². The number of anilines is 1. The SMILES string of the molecule is NC(=O)c1cccc(NCCNC2CCCCCC2)n1. The number of pyridine rings is 1. The van der Waals surface area contributed by atoms with Crippen LogP contribution in [0.2, 0.25) is 0 Å². The van der Waals surface area contributed by atoms with Gasteiger partial charge in [0, 0.05) is 19.1 Å². The lowest BCUT2D eigenvalue weighted by molar-refractivity contribution is 0.0995. The molecule has 0 radical (unpaired) electrons. The van der Waals surface area contributed by atoms with Crippen LogP contribution in [0.1, 0.15) is 49.0 Å². The molecule has 0 atom stereocenters. The standard InChI is InChI=1S/C15H24N4O/c16-15(20)13-8-5-9-14(19-13)18-11-10-17-12-6-3-1-2-4-7-12/h5,8-9,12,17H,1-4,6-7,10-11H2,(H2,16,20)(H,18,19). The Morgan fingerprint density at radius 2 is 1.95 bits per heavy atom. The zero-order valence-electron chi connectivity index (χ0n) is 11.9. The Morgan fingerprint density at radius 3 is 2.65 bits per heavy atom. The van der Waals surface area contributed by atoms with Gasteiger partial charge in [-0.1, -0.05) is 31.7 Å². The van der Waals surface area contributed by atoms with E-state index in [1.807, 2.05) is 6.07 Å². The number of nitrogens with zero attached hydrogens (tertiary/aromatic N) is 1. The highest BCUT2D eigenvalue weighted by atomic mass is 16.1. The van der Waals surface area contributed by atoms with E-state index in [0.29, 0.717) is 17.6 Å². The summed E-state index contributed by atoms with van der Waals surface area (Å²) in [5.41, 5.74) is 5.51. The Hall–Kier alpha value is -1.62. The minimum Gasteiger partial charge on any atom is -0.369 e. The molecule has 1 aromatic rings. The Kier molecular flexibility index (Phi) is 5.80. The quantitative estimate of drug-likeness (QED) is 0.547. The molecule has 1 heterocycles. The van der Waals surface area contributed by atoms with Crippen LogP contribution in [0.4, 0.5) is 5.82 Å². The van der Waals surface area contributed by atoms with Gasteiger partial charge in [-0.05, 0) is 25.0 Å². The first-order chi connectivity index (χ1) is 9.75. The average Bonchev–Trinajstić information content (AvgIpc) is 2.72. The lowest BCUT2D eigenvalue weighted by Gasteiger charge is -2.16. The van der Waals surface area contributed by atoms with Gasteiger partial charge in [-0.3, -0.25) is 4.79 Å². The summed E-state index contributed by atoms with van der Waals surface area (Å²) >= 11 is 0. The van der Waals surface area contributed by atoms with Crippen LogP contribution in [0.25, 0.3) is 0 Å². The first-order valence-corrected chi connectivity index (χ1v) is 7.50. The third kappa shape index (κ3) is 4.81. The molecule has 0 aliphatic heterocycles. The summed E-state index contributed by atoms with van der Waals surface area (Å²) in [5, 5.41) is 6.80. The number of nitrogens with two attached hydrogens (primary N) is 1. The molecule has 20 heavy (non-hydrogen) atoms. The molecular weight excluding hydrogens is 252 g/mol. The minimum absolute atomic E-state index is 0.298. The highest BCUT2D eigenvalue weighted by Crippen LogP contribution is 2.16. The van der Waals surface area contributed by atoms with Gasteiger partial charge in [-0.25, -0.2) is 4.98 Å². The average molecular weight is 276 g/mol. The largest absolute Gasteiger partial charge is 0.369 e. The molecule has 4 N–H and O–H groups in total. The van der Waals surface area contributed by atoms with Crippen LogP contribution >= 0.6 is 0 Å². The second-order valence-corrected chi connectivity index (χ2v) is 5.34. The molecule has 0 unspecified atom stereocenters. The summed E-state index contributed by atoms with van der Waals surface area (Å²) in [6, 6.07) is 5.91. The third-order valence-corrected chi connectivity index (χ3v) is 3.72. The molecule has 1 aliphatic rings. The monoisotopic (exact) mass is 276 g/mol. The summed E-state index contributed by atoms with van der Waals surface area (Å²) in [5.74, 6) is 0.203. The number of hydrogen-bond donors (Lipinski definition) is 3. The van der Waals surface area contributed by atoms with E-state index in [0.717, 1.165) is 13.1 Å². The zero-order chi connectivity index (χ0) is 14.2. The Balaban J connectivity index is 1.70. The zero-order valence-corrected chi connectivity index (χ0v) is 11.9. The number of aromatic nitrogens is 1. The number of nitrogens with one attached hydrogen (secondary N) is 2. The van der Waals surface area contributed by atoms with Crippen LogP contribution in [-0.2, 0) is 0 Å². The van der Waals surface area contributed by atoms with Crippen molar-refractivity contribution in [3.63, 3.8) is 0 Å². The van der Waals surface area contributed by atoms with Crippen LogP contribution < -0.4 is 16.4 Å². The van der Waals surface area contributed by atoms with Crippen LogP contribution in [0.15, 0.2) is 18.2 Å². The molecule has 110 valence electrons. The fourth-order valence-electron chi connectivity index (χ4n) is 2.62. The highest BCUT2D eigenvalue weighted by molar-refractivity contribution is 5.91. The first kappa shape index (κ1) is 14.8. The highest BCUT2D eigenvalue weighted by Gasteiger charge is 2.10. The lowest BCUT2D eigenvalue weighted by atomic mass is 10.1. The van der Waals surface area contributed by atoms with Gasteiger partial charge >= 0.3 is 0 Å². The summed E-state index contributed by atoms with van der Waals surface area (Å²) in [6.45, 7) is 1.71. The number of carbonyl (C=O) groups excluding carboxylic acids is 1. The van der Waals surface area contributed by atoms with Crippen LogP contribution in [-0.4, -0.2) is 30.0 Å². The summed E-state index contributed by atoms with van der Waals surface area (Å²) < 4.78 is 0. The molecule has 1 aromatic heterocycles. The molecule has 2 rings (SSSR count). The predicted octanol–water partition coefficient (Wildman–Crippen LogP) is 1.90. The van der Waals surface area contributed by atoms with Gasteiger partial charge in [0.1, 0.15) is 11.5 Å². The lowest BCUT2D eigenvalue weighted by Crippen LogP contribution is -2.32. The fourth-order valence-corrected chi connectivity index (χ4v) is 2.62. The van der Waals surface area contributed by atoms with Gasteiger partial charge < -0.3 is 16.4 Å². The molecule has 5 heteroatoms. The molecule has 0 saturated heterocycles. The van der Waals surface area contributed by atoms with Crippen molar-refractivity contribution in [1.82, 2.24) is 10.3 Å². The van der Waals surface area contributed by atoms with E-state index >= 15 is 0 Å². The van der Waals surface area contributed by atoms with Crippen molar-refractivity contribution < 1.29 is 4.79 Å². The van der Waals surface area contributed by atoms with Gasteiger partial charge in [0.05, 0.1) is 0 Å². The van der Waals surface area contributed by atoms with E-state index in [9.17, 15) is 4.79 Å². The predicted molar refractivity (Wildman–Crippen MR) is 80.7 cm³/mol. The molecule has 1 aliphatic carbocycles. The number of amides is 1. The number of hydrogen-bond acceptors (Lipinski definition) is 4. The molecule has 0 bridgehead atoms. The Morgan fingerprint density at radius 1 is 1.20 bits per heavy atom. The molecule has 1 fully saturated rings. The van der Waals surface area contributed by atoms with E-state index in [1.54, 1.807) is 12.1 Å². The van der Waals surface area contributed by atoms with Gasteiger partial charge in [0.2, 0.25) is 0 Å². The number of carbonyl (C=O) groups is 1. The van der Waals surface area contributed by atoms with Gasteiger partial charge in [0.25, 0.3) is 5.91 Å². The fraction of sp³-hybridized carbons (Fsp3) is 0.600. The normalized spacial score (nSPS) is 16.6. The van der Waals surface area contributed by atoms with Crippen molar-refractivity contribution in [2.45, 2.75) is 44.6 Å². The maximum absolute atomic E-state index is 11.0. The molecule has 1 saturated carbocycles. The molecule has 0 spiro atoms. The van der Waals surface area contributed by atoms with Crippen molar-refractivity contribution in [2.24, 2.45) is 5.73 Å². The molecule has 1 amide bonds. The second-order valence-electron chi connectivity index (χ2n) is 5.34. The van der Waals surface area contributed by atoms with E-state index < -0.39 is 5.91 Å². The van der Waals surface area contributed by atoms with Crippen LogP contribution in [0.5, 0.6) is 0 Å². The van der Waals surface area contributed by atoms with E-state index in [2.05, 4.69) is 15.6 Å². The number of rotatable bonds is 6. The second kappa shape index (κ2) is 7.85. The van der Waals surface area contributed by atoms with Crippen molar-refractivity contribution in [3.05, 3.63) is 23.9 Å². The van der Waals surface area contributed by atoms with Gasteiger partial charge in [0.15, 0.2) is 0 Å². The van der Waals surface area contributed by atoms with E-state index in [4.69, 9.17) is 5.73 Å². The minimum atomic E-state index is -0.495. The topological polar surface area (TPSA) is 80.0 Å². The van der Waals surface area contributed by atoms with E-state index in [1.165, 1.54) is 38.5 Å². The van der Waals surface area contributed by atoms with Crippen molar-refractivity contribution in [3.8, 4) is 0 Å². The number of primary amides is 1. The first-order valence-electron chi connectivity index (χ1n) is 7.50. The Labute approximate surface area is 120 Å². The molecule has 0 aromatic carbocycles. The molecular formula is C15H24N4O. The van der Waals surface area contributed by atoms with E-state index in [-0.39, 0.29) is 0 Å². The van der Waals surface area contributed by atoms with Crippen molar-refractivity contribution in [1.29, 1.82) is 0 Å². The van der Waals surface area contributed by atoms with Crippen molar-refractivity contribution in [2.75, 3.05) is 18.4 Å². The Bertz CT molecular complexity index is 428. The van der Waals surface area contributed by atoms with Gasteiger partial charge in [-0.2, -0.15) is 0 Å². The molecule has 5 nitrogen and oxygen atoms in total. The summed E-state index contributed by atoms with van der Waals surface area (Å²) in [6.07, 6.45) is 8.01.